The van der Waals surface area contributed by atoms with Crippen LogP contribution >= 0.6 is 0 Å². The van der Waals surface area contributed by atoms with E-state index in [0.717, 1.165) is 12.8 Å². The van der Waals surface area contributed by atoms with E-state index in [1.807, 2.05) is 13.8 Å². The molecule has 0 unspecified atom stereocenters. The molecule has 2 aliphatic rings. The number of piperazine rings is 1. The van der Waals surface area contributed by atoms with Crippen LogP contribution in [0.2, 0.25) is 0 Å². The molecule has 1 aromatic heterocycles. The second kappa shape index (κ2) is 6.26. The highest BCUT2D eigenvalue weighted by Gasteiger charge is 2.46. The molecule has 2 fully saturated rings. The Hall–Kier alpha value is -1.38. The molecule has 0 spiro atoms. The Balaban J connectivity index is 1.92. The topological polar surface area (TPSA) is 82.9 Å². The maximum absolute atomic E-state index is 13.2. The second-order valence-electron chi connectivity index (χ2n) is 6.38. The van der Waals surface area contributed by atoms with Crippen molar-refractivity contribution in [2.45, 2.75) is 38.8 Å². The second-order valence-corrected chi connectivity index (χ2v) is 8.22. The van der Waals surface area contributed by atoms with Crippen LogP contribution in [-0.2, 0) is 15.0 Å². The molecule has 2 atom stereocenters. The van der Waals surface area contributed by atoms with Gasteiger partial charge in [-0.3, -0.25) is 4.79 Å². The average molecular weight is 341 g/mol. The molecule has 128 valence electrons. The molecule has 2 saturated heterocycles. The van der Waals surface area contributed by atoms with Gasteiger partial charge < -0.3 is 9.73 Å². The van der Waals surface area contributed by atoms with Gasteiger partial charge in [0.2, 0.25) is 5.91 Å². The molecule has 0 radical (unpaired) electrons. The summed E-state index contributed by atoms with van der Waals surface area (Å²) in [6.07, 6.45) is 3.08. The van der Waals surface area contributed by atoms with E-state index >= 15 is 0 Å². The number of nitrogens with zero attached hydrogens (tertiary/aromatic N) is 2. The van der Waals surface area contributed by atoms with E-state index in [4.69, 9.17) is 4.42 Å². The highest BCUT2D eigenvalue weighted by atomic mass is 32.2. The Kier molecular flexibility index (Phi) is 4.48. The van der Waals surface area contributed by atoms with Crippen molar-refractivity contribution in [1.29, 1.82) is 0 Å². The molecule has 3 rings (SSSR count). The zero-order chi connectivity index (χ0) is 16.6. The lowest BCUT2D eigenvalue weighted by Gasteiger charge is -2.39. The van der Waals surface area contributed by atoms with Gasteiger partial charge in [0.1, 0.15) is 11.8 Å². The summed E-state index contributed by atoms with van der Waals surface area (Å²) in [5.74, 6) is 0.354. The predicted octanol–water partition coefficient (Wildman–Crippen LogP) is 1.12. The Bertz CT molecular complexity index is 656. The summed E-state index contributed by atoms with van der Waals surface area (Å²) in [5.41, 5.74) is 0. The minimum absolute atomic E-state index is 0.0882. The summed E-state index contributed by atoms with van der Waals surface area (Å²) in [6, 6.07) is 2.63. The number of nitrogens with one attached hydrogen (secondary N) is 1. The zero-order valence-electron chi connectivity index (χ0n) is 13.4. The van der Waals surface area contributed by atoms with E-state index in [2.05, 4.69) is 5.32 Å². The van der Waals surface area contributed by atoms with Crippen molar-refractivity contribution < 1.29 is 17.6 Å². The van der Waals surface area contributed by atoms with Crippen molar-refractivity contribution in [3.63, 3.8) is 0 Å². The van der Waals surface area contributed by atoms with E-state index in [1.165, 1.54) is 8.61 Å². The summed E-state index contributed by atoms with van der Waals surface area (Å²) in [4.78, 5) is 12.2. The summed E-state index contributed by atoms with van der Waals surface area (Å²) >= 11 is 0. The number of hydrogen-bond donors (Lipinski definition) is 1. The molecule has 1 N–H and O–H groups in total. The van der Waals surface area contributed by atoms with Crippen LogP contribution in [0.15, 0.2) is 22.8 Å². The standard InChI is InChI=1S/C15H23N3O4S/c1-11(2)14-15(19)16-7-9-18(14)23(20,21)17-8-3-5-12(17)13-6-4-10-22-13/h4,6,10-12,14H,3,5,7-9H2,1-2H3,(H,16,19)/t12-,14-/m0/s1. The van der Waals surface area contributed by atoms with Gasteiger partial charge in [-0.2, -0.15) is 17.0 Å². The first-order chi connectivity index (χ1) is 10.9. The van der Waals surface area contributed by atoms with Gasteiger partial charge in [-0.15, -0.1) is 0 Å². The van der Waals surface area contributed by atoms with Crippen molar-refractivity contribution >= 4 is 16.1 Å². The lowest BCUT2D eigenvalue weighted by molar-refractivity contribution is -0.128. The normalized spacial score (nSPS) is 27.5. The summed E-state index contributed by atoms with van der Waals surface area (Å²) < 4.78 is 34.6. The Morgan fingerprint density at radius 3 is 2.74 bits per heavy atom. The number of carbonyl (C=O) groups is 1. The lowest BCUT2D eigenvalue weighted by atomic mass is 10.0. The van der Waals surface area contributed by atoms with Crippen molar-refractivity contribution in [3.05, 3.63) is 24.2 Å². The third kappa shape index (κ3) is 2.90. The molecule has 0 bridgehead atoms. The smallest absolute Gasteiger partial charge is 0.283 e. The van der Waals surface area contributed by atoms with Crippen molar-refractivity contribution in [3.8, 4) is 0 Å². The molecule has 3 heterocycles. The largest absolute Gasteiger partial charge is 0.468 e. The van der Waals surface area contributed by atoms with Crippen LogP contribution in [0.25, 0.3) is 0 Å². The van der Waals surface area contributed by atoms with Gasteiger partial charge in [0, 0.05) is 19.6 Å². The zero-order valence-corrected chi connectivity index (χ0v) is 14.3. The molecule has 0 aromatic carbocycles. The number of rotatable bonds is 4. The Morgan fingerprint density at radius 1 is 1.30 bits per heavy atom. The van der Waals surface area contributed by atoms with E-state index in [9.17, 15) is 13.2 Å². The van der Waals surface area contributed by atoms with Gasteiger partial charge in [0.15, 0.2) is 0 Å². The SMILES string of the molecule is CC(C)[C@H]1C(=O)NCCN1S(=O)(=O)N1CCC[C@H]1c1ccco1. The number of furan rings is 1. The quantitative estimate of drug-likeness (QED) is 0.889. The first kappa shape index (κ1) is 16.5. The molecule has 23 heavy (non-hydrogen) atoms. The average Bonchev–Trinajstić information content (AvgIpc) is 3.17. The first-order valence-corrected chi connectivity index (χ1v) is 9.42. The highest BCUT2D eigenvalue weighted by molar-refractivity contribution is 7.86. The molecule has 7 nitrogen and oxygen atoms in total. The van der Waals surface area contributed by atoms with Crippen molar-refractivity contribution in [2.24, 2.45) is 5.92 Å². The molecular formula is C15H23N3O4S. The number of carbonyl (C=O) groups excluding carboxylic acids is 1. The Labute approximate surface area is 136 Å². The van der Waals surface area contributed by atoms with Gasteiger partial charge in [-0.25, -0.2) is 0 Å². The monoisotopic (exact) mass is 341 g/mol. The fraction of sp³-hybridized carbons (Fsp3) is 0.667. The van der Waals surface area contributed by atoms with Gasteiger partial charge in [-0.05, 0) is 30.9 Å². The van der Waals surface area contributed by atoms with Crippen molar-refractivity contribution in [2.75, 3.05) is 19.6 Å². The van der Waals surface area contributed by atoms with E-state index in [-0.39, 0.29) is 17.9 Å². The lowest BCUT2D eigenvalue weighted by Crippen LogP contribution is -2.61. The summed E-state index contributed by atoms with van der Waals surface area (Å²) in [7, 11) is -3.72. The van der Waals surface area contributed by atoms with Crippen LogP contribution in [0.1, 0.15) is 38.5 Å². The molecule has 2 aliphatic heterocycles. The van der Waals surface area contributed by atoms with Crippen LogP contribution in [0, 0.1) is 5.92 Å². The van der Waals surface area contributed by atoms with Crippen molar-refractivity contribution in [1.82, 2.24) is 13.9 Å². The van der Waals surface area contributed by atoms with Crippen LogP contribution in [0.4, 0.5) is 0 Å². The minimum atomic E-state index is -3.72. The molecule has 1 aromatic rings. The minimum Gasteiger partial charge on any atom is -0.468 e. The fourth-order valence-electron chi connectivity index (χ4n) is 3.47. The highest BCUT2D eigenvalue weighted by Crippen LogP contribution is 2.36. The first-order valence-electron chi connectivity index (χ1n) is 8.02. The number of amides is 1. The van der Waals surface area contributed by atoms with Gasteiger partial charge in [-0.1, -0.05) is 13.8 Å². The third-order valence-corrected chi connectivity index (χ3v) is 6.54. The van der Waals surface area contributed by atoms with E-state index in [0.29, 0.717) is 25.4 Å². The van der Waals surface area contributed by atoms with Gasteiger partial charge in [0.05, 0.1) is 12.3 Å². The van der Waals surface area contributed by atoms with E-state index in [1.54, 1.807) is 18.4 Å². The van der Waals surface area contributed by atoms with Gasteiger partial charge in [0.25, 0.3) is 10.2 Å². The summed E-state index contributed by atoms with van der Waals surface area (Å²) in [5, 5.41) is 2.76. The number of hydrogen-bond acceptors (Lipinski definition) is 4. The fourth-order valence-corrected chi connectivity index (χ4v) is 5.58. The van der Waals surface area contributed by atoms with Crippen LogP contribution < -0.4 is 5.32 Å². The maximum atomic E-state index is 13.2. The molecule has 0 aliphatic carbocycles. The van der Waals surface area contributed by atoms with Crippen LogP contribution in [0.5, 0.6) is 0 Å². The molecule has 1 amide bonds. The predicted molar refractivity (Wildman–Crippen MR) is 84.7 cm³/mol. The van der Waals surface area contributed by atoms with Crippen LogP contribution in [0.3, 0.4) is 0 Å². The molecular weight excluding hydrogens is 318 g/mol. The third-order valence-electron chi connectivity index (χ3n) is 4.51. The Morgan fingerprint density at radius 2 is 2.09 bits per heavy atom. The summed E-state index contributed by atoms with van der Waals surface area (Å²) in [6.45, 7) is 4.84. The maximum Gasteiger partial charge on any atom is 0.283 e. The van der Waals surface area contributed by atoms with E-state index < -0.39 is 16.3 Å². The molecule has 8 heteroatoms. The molecule has 0 saturated carbocycles. The van der Waals surface area contributed by atoms with Crippen LogP contribution in [-0.4, -0.2) is 48.6 Å². The van der Waals surface area contributed by atoms with Gasteiger partial charge >= 0.3 is 0 Å².